The molecule has 0 fully saturated rings. The van der Waals surface area contributed by atoms with Crippen LogP contribution in [0.5, 0.6) is 11.5 Å². The lowest BCUT2D eigenvalue weighted by Crippen LogP contribution is -2.31. The molecular weight excluding hydrogens is 302 g/mol. The minimum absolute atomic E-state index is 0.166. The van der Waals surface area contributed by atoms with E-state index in [9.17, 15) is 4.79 Å². The fourth-order valence-electron chi connectivity index (χ4n) is 3.07. The van der Waals surface area contributed by atoms with Gasteiger partial charge in [0.25, 0.3) is 5.91 Å². The normalized spacial score (nSPS) is 16.2. The van der Waals surface area contributed by atoms with E-state index < -0.39 is 6.10 Å². The molecule has 24 heavy (non-hydrogen) atoms. The fraction of sp³-hybridized carbons (Fsp3) is 0.150. The van der Waals surface area contributed by atoms with Crippen LogP contribution in [0, 0.1) is 0 Å². The summed E-state index contributed by atoms with van der Waals surface area (Å²) in [6.45, 7) is 1.75. The standard InChI is InChI=1S/C20H17NO3/c1-12-20(22)21-17-9-8-14(23-2)11-16(17)19-15-6-4-3-5-13(15)7-10-18(19)24-12/h3-12H,1-2H3,(H,21,22)/t12-/m0/s1. The van der Waals surface area contributed by atoms with Crippen molar-refractivity contribution in [3.8, 4) is 22.6 Å². The van der Waals surface area contributed by atoms with E-state index in [1.807, 2.05) is 42.5 Å². The molecule has 3 aromatic rings. The average molecular weight is 319 g/mol. The van der Waals surface area contributed by atoms with Gasteiger partial charge in [0.1, 0.15) is 11.5 Å². The Balaban J connectivity index is 2.09. The summed E-state index contributed by atoms with van der Waals surface area (Å²) in [7, 11) is 1.63. The van der Waals surface area contributed by atoms with Crippen LogP contribution in [0.2, 0.25) is 0 Å². The predicted molar refractivity (Wildman–Crippen MR) is 94.7 cm³/mol. The van der Waals surface area contributed by atoms with E-state index in [0.717, 1.165) is 33.3 Å². The average Bonchev–Trinajstić information content (AvgIpc) is 2.61. The number of hydrogen-bond acceptors (Lipinski definition) is 3. The van der Waals surface area contributed by atoms with Gasteiger partial charge in [0, 0.05) is 16.8 Å². The Morgan fingerprint density at radius 1 is 1.08 bits per heavy atom. The van der Waals surface area contributed by atoms with Crippen molar-refractivity contribution in [1.82, 2.24) is 0 Å². The van der Waals surface area contributed by atoms with E-state index in [2.05, 4.69) is 17.4 Å². The van der Waals surface area contributed by atoms with Crippen LogP contribution in [0.1, 0.15) is 6.92 Å². The van der Waals surface area contributed by atoms with Gasteiger partial charge in [0.15, 0.2) is 6.10 Å². The quantitative estimate of drug-likeness (QED) is 0.730. The van der Waals surface area contributed by atoms with Gasteiger partial charge in [-0.15, -0.1) is 0 Å². The maximum absolute atomic E-state index is 12.3. The summed E-state index contributed by atoms with van der Waals surface area (Å²) >= 11 is 0. The Bertz CT molecular complexity index is 949. The molecule has 3 aromatic carbocycles. The second kappa shape index (κ2) is 5.57. The molecule has 4 heteroatoms. The van der Waals surface area contributed by atoms with E-state index >= 15 is 0 Å². The lowest BCUT2D eigenvalue weighted by atomic mass is 9.95. The minimum Gasteiger partial charge on any atom is -0.497 e. The van der Waals surface area contributed by atoms with E-state index in [4.69, 9.17) is 9.47 Å². The summed E-state index contributed by atoms with van der Waals surface area (Å²) in [5.41, 5.74) is 2.61. The smallest absolute Gasteiger partial charge is 0.265 e. The van der Waals surface area contributed by atoms with Gasteiger partial charge in [-0.2, -0.15) is 0 Å². The minimum atomic E-state index is -0.569. The SMILES string of the molecule is COc1ccc2c(c1)-c1c(ccc3ccccc13)O[C@@H](C)C(=O)N2. The van der Waals surface area contributed by atoms with Gasteiger partial charge in [-0.25, -0.2) is 0 Å². The monoisotopic (exact) mass is 319 g/mol. The van der Waals surface area contributed by atoms with Gasteiger partial charge in [0.2, 0.25) is 0 Å². The molecule has 4 nitrogen and oxygen atoms in total. The van der Waals surface area contributed by atoms with Crippen molar-refractivity contribution in [2.75, 3.05) is 12.4 Å². The predicted octanol–water partition coefficient (Wildman–Crippen LogP) is 4.23. The van der Waals surface area contributed by atoms with Crippen LogP contribution in [0.15, 0.2) is 54.6 Å². The molecule has 0 radical (unpaired) electrons. The van der Waals surface area contributed by atoms with Crippen LogP contribution in [0.4, 0.5) is 5.69 Å². The number of amides is 1. The molecule has 0 bridgehead atoms. The summed E-state index contributed by atoms with van der Waals surface area (Å²) in [4.78, 5) is 12.3. The molecule has 4 rings (SSSR count). The number of anilines is 1. The second-order valence-corrected chi connectivity index (χ2v) is 5.82. The number of methoxy groups -OCH3 is 1. The Hall–Kier alpha value is -3.01. The molecule has 1 aliphatic heterocycles. The number of hydrogen-bond donors (Lipinski definition) is 1. The molecular formula is C20H17NO3. The Morgan fingerprint density at radius 2 is 1.92 bits per heavy atom. The van der Waals surface area contributed by atoms with Gasteiger partial charge in [-0.3, -0.25) is 4.79 Å². The number of benzene rings is 3. The summed E-state index contributed by atoms with van der Waals surface area (Å²) in [6, 6.07) is 17.7. The summed E-state index contributed by atoms with van der Waals surface area (Å²) in [6.07, 6.45) is -0.569. The summed E-state index contributed by atoms with van der Waals surface area (Å²) in [5, 5.41) is 5.14. The Kier molecular flexibility index (Phi) is 3.38. The first-order valence-electron chi connectivity index (χ1n) is 7.85. The molecule has 1 amide bonds. The molecule has 0 aliphatic carbocycles. The topological polar surface area (TPSA) is 47.6 Å². The van der Waals surface area contributed by atoms with Crippen molar-refractivity contribution in [3.05, 3.63) is 54.6 Å². The lowest BCUT2D eigenvalue weighted by molar-refractivity contribution is -0.122. The van der Waals surface area contributed by atoms with Gasteiger partial charge < -0.3 is 14.8 Å². The Labute approximate surface area is 140 Å². The zero-order valence-electron chi connectivity index (χ0n) is 13.5. The molecule has 1 N–H and O–H groups in total. The molecule has 120 valence electrons. The number of fused-ring (bicyclic) bond motifs is 5. The van der Waals surface area contributed by atoms with Crippen LogP contribution in [0.3, 0.4) is 0 Å². The van der Waals surface area contributed by atoms with Crippen molar-refractivity contribution in [2.45, 2.75) is 13.0 Å². The fourth-order valence-corrected chi connectivity index (χ4v) is 3.07. The van der Waals surface area contributed by atoms with Crippen LogP contribution in [-0.4, -0.2) is 19.1 Å². The van der Waals surface area contributed by atoms with Gasteiger partial charge in [-0.1, -0.05) is 30.3 Å². The second-order valence-electron chi connectivity index (χ2n) is 5.82. The maximum Gasteiger partial charge on any atom is 0.265 e. The third-order valence-electron chi connectivity index (χ3n) is 4.32. The van der Waals surface area contributed by atoms with E-state index in [1.54, 1.807) is 14.0 Å². The van der Waals surface area contributed by atoms with Crippen LogP contribution in [0.25, 0.3) is 21.9 Å². The third kappa shape index (κ3) is 2.27. The summed E-state index contributed by atoms with van der Waals surface area (Å²) in [5.74, 6) is 1.27. The molecule has 0 saturated heterocycles. The van der Waals surface area contributed by atoms with Crippen molar-refractivity contribution in [3.63, 3.8) is 0 Å². The zero-order valence-corrected chi connectivity index (χ0v) is 13.5. The van der Waals surface area contributed by atoms with Crippen molar-refractivity contribution < 1.29 is 14.3 Å². The van der Waals surface area contributed by atoms with E-state index in [-0.39, 0.29) is 5.91 Å². The first-order valence-corrected chi connectivity index (χ1v) is 7.85. The molecule has 1 aliphatic rings. The zero-order chi connectivity index (χ0) is 16.7. The highest BCUT2D eigenvalue weighted by atomic mass is 16.5. The molecule has 0 unspecified atom stereocenters. The number of carbonyl (C=O) groups excluding carboxylic acids is 1. The number of nitrogens with one attached hydrogen (secondary N) is 1. The van der Waals surface area contributed by atoms with Crippen LogP contribution in [-0.2, 0) is 4.79 Å². The van der Waals surface area contributed by atoms with Gasteiger partial charge in [0.05, 0.1) is 7.11 Å². The highest BCUT2D eigenvalue weighted by molar-refractivity contribution is 6.07. The summed E-state index contributed by atoms with van der Waals surface area (Å²) < 4.78 is 11.3. The molecule has 1 atom stereocenters. The lowest BCUT2D eigenvalue weighted by Gasteiger charge is -2.24. The van der Waals surface area contributed by atoms with Gasteiger partial charge in [-0.05, 0) is 42.0 Å². The van der Waals surface area contributed by atoms with Gasteiger partial charge >= 0.3 is 0 Å². The van der Waals surface area contributed by atoms with Crippen LogP contribution < -0.4 is 14.8 Å². The van der Waals surface area contributed by atoms with Crippen molar-refractivity contribution in [2.24, 2.45) is 0 Å². The molecule has 0 aromatic heterocycles. The first-order chi connectivity index (χ1) is 11.7. The number of carbonyl (C=O) groups is 1. The van der Waals surface area contributed by atoms with E-state index in [0.29, 0.717) is 5.75 Å². The first kappa shape index (κ1) is 14.6. The number of ether oxygens (including phenoxy) is 2. The highest BCUT2D eigenvalue weighted by Crippen LogP contribution is 2.43. The Morgan fingerprint density at radius 3 is 2.75 bits per heavy atom. The molecule has 0 spiro atoms. The van der Waals surface area contributed by atoms with Crippen molar-refractivity contribution in [1.29, 1.82) is 0 Å². The highest BCUT2D eigenvalue weighted by Gasteiger charge is 2.24. The number of rotatable bonds is 1. The molecule has 0 saturated carbocycles. The van der Waals surface area contributed by atoms with Crippen molar-refractivity contribution >= 4 is 22.4 Å². The maximum atomic E-state index is 12.3. The van der Waals surface area contributed by atoms with Crippen LogP contribution >= 0.6 is 0 Å². The van der Waals surface area contributed by atoms with E-state index in [1.165, 1.54) is 0 Å². The largest absolute Gasteiger partial charge is 0.497 e. The molecule has 1 heterocycles. The third-order valence-corrected chi connectivity index (χ3v) is 4.32.